The van der Waals surface area contributed by atoms with E-state index in [0.29, 0.717) is 0 Å². The maximum absolute atomic E-state index is 11.8. The normalized spacial score (nSPS) is 9.93. The molecule has 0 bridgehead atoms. The number of benzene rings is 2. The number of anilines is 1. The molecule has 0 aliphatic carbocycles. The van der Waals surface area contributed by atoms with Crippen LogP contribution in [0.15, 0.2) is 48.5 Å². The lowest BCUT2D eigenvalue weighted by atomic mass is 10.0. The van der Waals surface area contributed by atoms with Gasteiger partial charge in [0, 0.05) is 24.4 Å². The van der Waals surface area contributed by atoms with E-state index >= 15 is 0 Å². The van der Waals surface area contributed by atoms with E-state index in [2.05, 4.69) is 5.32 Å². The molecule has 2 heteroatoms. The molecule has 2 aromatic rings. The molecular formula is C13H12NO. The topological polar surface area (TPSA) is 31.9 Å². The van der Waals surface area contributed by atoms with Crippen molar-refractivity contribution in [2.75, 3.05) is 12.4 Å². The third-order valence-electron chi connectivity index (χ3n) is 2.36. The fourth-order valence-corrected chi connectivity index (χ4v) is 1.53. The number of hydrogen-bond donors (Lipinski definition) is 1. The van der Waals surface area contributed by atoms with Gasteiger partial charge < -0.3 is 5.32 Å². The molecule has 0 aliphatic rings. The first kappa shape index (κ1) is 9.59. The minimum absolute atomic E-state index is 0.0491. The molecule has 15 heavy (non-hydrogen) atoms. The van der Waals surface area contributed by atoms with Gasteiger partial charge in [-0.2, -0.15) is 0 Å². The summed E-state index contributed by atoms with van der Waals surface area (Å²) in [5.41, 5.74) is 2.56. The lowest BCUT2D eigenvalue weighted by molar-refractivity contribution is 0.357. The number of rotatable bonds is 2. The second-order valence-electron chi connectivity index (χ2n) is 3.33. The van der Waals surface area contributed by atoms with Crippen LogP contribution in [0.1, 0.15) is 0 Å². The average molecular weight is 198 g/mol. The van der Waals surface area contributed by atoms with E-state index in [4.69, 9.17) is 0 Å². The van der Waals surface area contributed by atoms with Crippen molar-refractivity contribution in [3.8, 4) is 16.9 Å². The van der Waals surface area contributed by atoms with Crippen LogP contribution in [0.2, 0.25) is 0 Å². The van der Waals surface area contributed by atoms with Crippen LogP contribution >= 0.6 is 0 Å². The van der Waals surface area contributed by atoms with Crippen LogP contribution in [-0.2, 0) is 5.11 Å². The highest BCUT2D eigenvalue weighted by Crippen LogP contribution is 2.31. The molecule has 1 N–H and O–H groups in total. The Hall–Kier alpha value is -1.96. The second kappa shape index (κ2) is 4.05. The quantitative estimate of drug-likeness (QED) is 0.786. The Balaban J connectivity index is 2.46. The van der Waals surface area contributed by atoms with E-state index in [1.165, 1.54) is 0 Å². The molecular weight excluding hydrogens is 186 g/mol. The minimum Gasteiger partial charge on any atom is -0.388 e. The summed E-state index contributed by atoms with van der Waals surface area (Å²) in [5, 5.41) is 14.7. The first-order valence-corrected chi connectivity index (χ1v) is 4.85. The monoisotopic (exact) mass is 198 g/mol. The Kier molecular flexibility index (Phi) is 2.59. The first-order valence-electron chi connectivity index (χ1n) is 4.85. The largest absolute Gasteiger partial charge is 0.388 e. The molecule has 0 saturated carbocycles. The summed E-state index contributed by atoms with van der Waals surface area (Å²) >= 11 is 0. The summed E-state index contributed by atoms with van der Waals surface area (Å²) < 4.78 is 0. The van der Waals surface area contributed by atoms with E-state index in [1.54, 1.807) is 13.1 Å². The zero-order valence-corrected chi connectivity index (χ0v) is 8.53. The van der Waals surface area contributed by atoms with E-state index < -0.39 is 0 Å². The zero-order valence-electron chi connectivity index (χ0n) is 8.53. The molecule has 2 rings (SSSR count). The maximum atomic E-state index is 11.8. The van der Waals surface area contributed by atoms with Gasteiger partial charge in [0.25, 0.3) is 0 Å². The van der Waals surface area contributed by atoms with Crippen LogP contribution in [0.4, 0.5) is 5.69 Å². The molecule has 2 aromatic carbocycles. The third kappa shape index (κ3) is 1.94. The average Bonchev–Trinajstić information content (AvgIpc) is 2.30. The lowest BCUT2D eigenvalue weighted by Gasteiger charge is -2.05. The fourth-order valence-electron chi connectivity index (χ4n) is 1.53. The molecule has 0 aliphatic heterocycles. The molecule has 0 amide bonds. The smallest absolute Gasteiger partial charge is 0.188 e. The van der Waals surface area contributed by atoms with Gasteiger partial charge in [-0.3, -0.25) is 5.11 Å². The standard InChI is InChI=1S/C13H12NO/c1-14-11-7-8-12(13(15)9-11)10-5-3-2-4-6-10/h2-9,14H,1H3. The summed E-state index contributed by atoms with van der Waals surface area (Å²) in [6.07, 6.45) is 0. The van der Waals surface area contributed by atoms with Gasteiger partial charge in [0.1, 0.15) is 0 Å². The molecule has 0 unspecified atom stereocenters. The highest BCUT2D eigenvalue weighted by Gasteiger charge is 2.05. The summed E-state index contributed by atoms with van der Waals surface area (Å²) in [4.78, 5) is 0. The minimum atomic E-state index is 0.0491. The summed E-state index contributed by atoms with van der Waals surface area (Å²) in [6, 6.07) is 15.1. The number of hydrogen-bond acceptors (Lipinski definition) is 1. The van der Waals surface area contributed by atoms with Crippen molar-refractivity contribution in [1.82, 2.24) is 0 Å². The van der Waals surface area contributed by atoms with Gasteiger partial charge in [0.05, 0.1) is 0 Å². The van der Waals surface area contributed by atoms with Gasteiger partial charge >= 0.3 is 0 Å². The van der Waals surface area contributed by atoms with Crippen LogP contribution in [0.5, 0.6) is 5.75 Å². The van der Waals surface area contributed by atoms with Crippen LogP contribution in [0.25, 0.3) is 11.1 Å². The molecule has 0 heterocycles. The van der Waals surface area contributed by atoms with E-state index in [1.807, 2.05) is 42.5 Å². The molecule has 0 aromatic heterocycles. The molecule has 1 radical (unpaired) electrons. The fraction of sp³-hybridized carbons (Fsp3) is 0.0769. The first-order chi connectivity index (χ1) is 7.31. The van der Waals surface area contributed by atoms with Crippen LogP contribution in [0, 0.1) is 0 Å². The SMILES string of the molecule is CNc1ccc(-c2ccccc2)c([O])c1. The molecule has 2 nitrogen and oxygen atoms in total. The molecule has 75 valence electrons. The predicted molar refractivity (Wildman–Crippen MR) is 61.6 cm³/mol. The van der Waals surface area contributed by atoms with Gasteiger partial charge in [-0.15, -0.1) is 0 Å². The highest BCUT2D eigenvalue weighted by molar-refractivity contribution is 5.72. The highest BCUT2D eigenvalue weighted by atomic mass is 16.3. The van der Waals surface area contributed by atoms with Gasteiger partial charge in [-0.25, -0.2) is 0 Å². The van der Waals surface area contributed by atoms with Crippen molar-refractivity contribution in [3.05, 3.63) is 48.5 Å². The molecule has 0 atom stereocenters. The summed E-state index contributed by atoms with van der Waals surface area (Å²) in [5.74, 6) is 0.0491. The van der Waals surface area contributed by atoms with Gasteiger partial charge in [-0.05, 0) is 17.7 Å². The van der Waals surface area contributed by atoms with E-state index in [9.17, 15) is 5.11 Å². The lowest BCUT2D eigenvalue weighted by Crippen LogP contribution is -1.87. The Labute approximate surface area is 89.2 Å². The predicted octanol–water partition coefficient (Wildman–Crippen LogP) is 3.54. The van der Waals surface area contributed by atoms with Crippen molar-refractivity contribution in [1.29, 1.82) is 0 Å². The second-order valence-corrected chi connectivity index (χ2v) is 3.33. The van der Waals surface area contributed by atoms with E-state index in [0.717, 1.165) is 16.8 Å². The molecule has 0 saturated heterocycles. The maximum Gasteiger partial charge on any atom is 0.188 e. The molecule has 0 spiro atoms. The van der Waals surface area contributed by atoms with E-state index in [-0.39, 0.29) is 5.75 Å². The van der Waals surface area contributed by atoms with Crippen LogP contribution in [-0.4, -0.2) is 7.05 Å². The van der Waals surface area contributed by atoms with Gasteiger partial charge in [0.2, 0.25) is 0 Å². The third-order valence-corrected chi connectivity index (χ3v) is 2.36. The van der Waals surface area contributed by atoms with Crippen molar-refractivity contribution in [2.24, 2.45) is 0 Å². The van der Waals surface area contributed by atoms with Crippen molar-refractivity contribution in [3.63, 3.8) is 0 Å². The summed E-state index contributed by atoms with van der Waals surface area (Å²) in [6.45, 7) is 0. The Morgan fingerprint density at radius 2 is 1.73 bits per heavy atom. The van der Waals surface area contributed by atoms with Gasteiger partial charge in [-0.1, -0.05) is 30.3 Å². The van der Waals surface area contributed by atoms with Crippen LogP contribution in [0.3, 0.4) is 0 Å². The van der Waals surface area contributed by atoms with Crippen LogP contribution < -0.4 is 5.32 Å². The van der Waals surface area contributed by atoms with Crippen molar-refractivity contribution in [2.45, 2.75) is 0 Å². The zero-order chi connectivity index (χ0) is 10.7. The molecule has 0 fully saturated rings. The summed E-state index contributed by atoms with van der Waals surface area (Å²) in [7, 11) is 1.80. The Morgan fingerprint density at radius 1 is 1.00 bits per heavy atom. The Bertz CT molecular complexity index is 451. The van der Waals surface area contributed by atoms with Crippen molar-refractivity contribution >= 4 is 5.69 Å². The Morgan fingerprint density at radius 3 is 2.33 bits per heavy atom. The van der Waals surface area contributed by atoms with Crippen molar-refractivity contribution < 1.29 is 5.11 Å². The van der Waals surface area contributed by atoms with Gasteiger partial charge in [0.15, 0.2) is 5.75 Å². The number of nitrogens with one attached hydrogen (secondary N) is 1.